The lowest BCUT2D eigenvalue weighted by Crippen LogP contribution is -2.47. The number of aliphatic carboxylic acids is 1. The Hall–Kier alpha value is -0.220. The highest BCUT2D eigenvalue weighted by atomic mass is 32.2. The molecule has 0 amide bonds. The lowest BCUT2D eigenvalue weighted by atomic mass is 9.85. The molecule has 4 heteroatoms. The Morgan fingerprint density at radius 1 is 1.29 bits per heavy atom. The van der Waals surface area contributed by atoms with Crippen LogP contribution in [0.5, 0.6) is 0 Å². The lowest BCUT2D eigenvalue weighted by Gasteiger charge is -2.35. The molecule has 0 bridgehead atoms. The summed E-state index contributed by atoms with van der Waals surface area (Å²) in [4.78, 5) is 11.0. The van der Waals surface area contributed by atoms with Crippen LogP contribution >= 0.6 is 11.8 Å². The molecular formula is C13H23NO2S. The summed E-state index contributed by atoms with van der Waals surface area (Å²) >= 11 is 2.04. The minimum absolute atomic E-state index is 0.118. The standard InChI is InChI=1S/C13H23NO2S/c1-9-12(6-3-7-17-9)14-11-5-2-4-10(8-11)13(15)16/h9-12,14H,2-8H2,1H3,(H,15,16). The van der Waals surface area contributed by atoms with E-state index in [2.05, 4.69) is 12.2 Å². The maximum Gasteiger partial charge on any atom is 0.306 e. The number of nitrogens with one attached hydrogen (secondary N) is 1. The van der Waals surface area contributed by atoms with Gasteiger partial charge >= 0.3 is 5.97 Å². The summed E-state index contributed by atoms with van der Waals surface area (Å²) < 4.78 is 0. The summed E-state index contributed by atoms with van der Waals surface area (Å²) in [5.74, 6) is 0.553. The van der Waals surface area contributed by atoms with Crippen LogP contribution in [0.15, 0.2) is 0 Å². The molecule has 1 aliphatic heterocycles. The summed E-state index contributed by atoms with van der Waals surface area (Å²) in [6.07, 6.45) is 6.44. The van der Waals surface area contributed by atoms with Crippen molar-refractivity contribution in [2.75, 3.05) is 5.75 Å². The molecule has 4 atom stereocenters. The summed E-state index contributed by atoms with van der Waals surface area (Å²) in [7, 11) is 0. The smallest absolute Gasteiger partial charge is 0.306 e. The summed E-state index contributed by atoms with van der Waals surface area (Å²) in [6, 6.07) is 1.02. The van der Waals surface area contributed by atoms with Crippen molar-refractivity contribution in [2.24, 2.45) is 5.92 Å². The first-order valence-corrected chi connectivity index (χ1v) is 7.82. The molecule has 17 heavy (non-hydrogen) atoms. The van der Waals surface area contributed by atoms with Crippen LogP contribution in [0.1, 0.15) is 45.4 Å². The fraction of sp³-hybridized carbons (Fsp3) is 0.923. The topological polar surface area (TPSA) is 49.3 Å². The number of rotatable bonds is 3. The van der Waals surface area contributed by atoms with Gasteiger partial charge in [0.2, 0.25) is 0 Å². The van der Waals surface area contributed by atoms with E-state index in [0.717, 1.165) is 25.7 Å². The Bertz CT molecular complexity index is 272. The van der Waals surface area contributed by atoms with Crippen molar-refractivity contribution in [2.45, 2.75) is 62.8 Å². The van der Waals surface area contributed by atoms with E-state index in [1.54, 1.807) is 0 Å². The summed E-state index contributed by atoms with van der Waals surface area (Å²) in [5.41, 5.74) is 0. The van der Waals surface area contributed by atoms with E-state index in [1.165, 1.54) is 18.6 Å². The van der Waals surface area contributed by atoms with E-state index >= 15 is 0 Å². The van der Waals surface area contributed by atoms with Crippen LogP contribution in [0, 0.1) is 5.92 Å². The van der Waals surface area contributed by atoms with Crippen molar-refractivity contribution in [3.05, 3.63) is 0 Å². The van der Waals surface area contributed by atoms with E-state index in [9.17, 15) is 4.79 Å². The van der Waals surface area contributed by atoms with Gasteiger partial charge in [0.15, 0.2) is 0 Å². The zero-order valence-corrected chi connectivity index (χ0v) is 11.3. The van der Waals surface area contributed by atoms with Gasteiger partial charge in [0.05, 0.1) is 5.92 Å². The van der Waals surface area contributed by atoms with Crippen molar-refractivity contribution in [3.8, 4) is 0 Å². The third kappa shape index (κ3) is 3.62. The van der Waals surface area contributed by atoms with Gasteiger partial charge in [-0.1, -0.05) is 13.3 Å². The second-order valence-electron chi connectivity index (χ2n) is 5.39. The lowest BCUT2D eigenvalue weighted by molar-refractivity contribution is -0.143. The van der Waals surface area contributed by atoms with Crippen LogP contribution in [0.2, 0.25) is 0 Å². The first-order valence-electron chi connectivity index (χ1n) is 6.77. The first kappa shape index (κ1) is 13.2. The van der Waals surface area contributed by atoms with Gasteiger partial charge in [-0.05, 0) is 37.9 Å². The van der Waals surface area contributed by atoms with Crippen molar-refractivity contribution < 1.29 is 9.90 Å². The quantitative estimate of drug-likeness (QED) is 0.815. The summed E-state index contributed by atoms with van der Waals surface area (Å²) in [5, 5.41) is 13.5. The van der Waals surface area contributed by atoms with E-state index in [4.69, 9.17) is 5.11 Å². The van der Waals surface area contributed by atoms with Gasteiger partial charge in [0.1, 0.15) is 0 Å². The van der Waals surface area contributed by atoms with Crippen molar-refractivity contribution in [1.29, 1.82) is 0 Å². The molecule has 2 rings (SSSR count). The second kappa shape index (κ2) is 6.10. The predicted octanol–water partition coefficient (Wildman–Crippen LogP) is 2.50. The number of carboxylic acid groups (broad SMARTS) is 1. The molecule has 2 N–H and O–H groups in total. The Morgan fingerprint density at radius 2 is 2.12 bits per heavy atom. The van der Waals surface area contributed by atoms with Crippen LogP contribution in [0.3, 0.4) is 0 Å². The largest absolute Gasteiger partial charge is 0.481 e. The van der Waals surface area contributed by atoms with E-state index in [-0.39, 0.29) is 5.92 Å². The van der Waals surface area contributed by atoms with Crippen molar-refractivity contribution >= 4 is 17.7 Å². The molecule has 0 aromatic heterocycles. The van der Waals surface area contributed by atoms with Crippen LogP contribution in [0.4, 0.5) is 0 Å². The molecule has 0 aromatic rings. The Balaban J connectivity index is 1.83. The highest BCUT2D eigenvalue weighted by Gasteiger charge is 2.30. The average Bonchev–Trinajstić information content (AvgIpc) is 2.32. The van der Waals surface area contributed by atoms with Gasteiger partial charge in [-0.2, -0.15) is 11.8 Å². The Kier molecular flexibility index (Phi) is 4.74. The number of thioether (sulfide) groups is 1. The van der Waals surface area contributed by atoms with Gasteiger partial charge in [-0.3, -0.25) is 4.79 Å². The molecule has 2 aliphatic rings. The number of carboxylic acids is 1. The minimum atomic E-state index is -0.609. The van der Waals surface area contributed by atoms with Gasteiger partial charge in [0.25, 0.3) is 0 Å². The van der Waals surface area contributed by atoms with Gasteiger partial charge in [0, 0.05) is 17.3 Å². The monoisotopic (exact) mass is 257 g/mol. The zero-order chi connectivity index (χ0) is 12.3. The van der Waals surface area contributed by atoms with E-state index < -0.39 is 5.97 Å². The molecule has 0 aromatic carbocycles. The third-order valence-corrected chi connectivity index (χ3v) is 5.46. The Morgan fingerprint density at radius 3 is 2.82 bits per heavy atom. The maximum atomic E-state index is 11.0. The normalized spacial score (nSPS) is 38.9. The molecule has 3 nitrogen and oxygen atoms in total. The van der Waals surface area contributed by atoms with Gasteiger partial charge < -0.3 is 10.4 Å². The molecule has 4 unspecified atom stereocenters. The van der Waals surface area contributed by atoms with Crippen molar-refractivity contribution in [3.63, 3.8) is 0 Å². The number of carbonyl (C=O) groups is 1. The molecule has 0 radical (unpaired) electrons. The van der Waals surface area contributed by atoms with Crippen LogP contribution in [0.25, 0.3) is 0 Å². The van der Waals surface area contributed by atoms with E-state index in [1.807, 2.05) is 11.8 Å². The van der Waals surface area contributed by atoms with Gasteiger partial charge in [-0.25, -0.2) is 0 Å². The maximum absolute atomic E-state index is 11.0. The number of hydrogen-bond donors (Lipinski definition) is 2. The molecule has 0 spiro atoms. The minimum Gasteiger partial charge on any atom is -0.481 e. The van der Waals surface area contributed by atoms with Crippen LogP contribution < -0.4 is 5.32 Å². The van der Waals surface area contributed by atoms with Crippen molar-refractivity contribution in [1.82, 2.24) is 5.32 Å². The zero-order valence-electron chi connectivity index (χ0n) is 10.5. The molecule has 1 saturated carbocycles. The second-order valence-corrected chi connectivity index (χ2v) is 6.88. The molecule has 1 heterocycles. The average molecular weight is 257 g/mol. The predicted molar refractivity (Wildman–Crippen MR) is 71.5 cm³/mol. The summed E-state index contributed by atoms with van der Waals surface area (Å²) in [6.45, 7) is 2.29. The molecular weight excluding hydrogens is 234 g/mol. The fourth-order valence-electron chi connectivity index (χ4n) is 3.01. The van der Waals surface area contributed by atoms with E-state index in [0.29, 0.717) is 17.3 Å². The Labute approximate surface area is 108 Å². The van der Waals surface area contributed by atoms with Crippen LogP contribution in [-0.2, 0) is 4.79 Å². The number of hydrogen-bond acceptors (Lipinski definition) is 3. The highest BCUT2D eigenvalue weighted by molar-refractivity contribution is 7.99. The molecule has 1 saturated heterocycles. The first-order chi connectivity index (χ1) is 8.16. The van der Waals surface area contributed by atoms with Gasteiger partial charge in [-0.15, -0.1) is 0 Å². The molecule has 2 fully saturated rings. The fourth-order valence-corrected chi connectivity index (χ4v) is 4.16. The SMILES string of the molecule is CC1SCCCC1NC1CCCC(C(=O)O)C1. The molecule has 1 aliphatic carbocycles. The highest BCUT2D eigenvalue weighted by Crippen LogP contribution is 2.29. The third-order valence-electron chi connectivity index (χ3n) is 4.08. The van der Waals surface area contributed by atoms with Crippen LogP contribution in [-0.4, -0.2) is 34.2 Å². The molecule has 98 valence electrons.